The first-order valence-corrected chi connectivity index (χ1v) is 7.20. The fourth-order valence-corrected chi connectivity index (χ4v) is 3.37. The molecule has 0 radical (unpaired) electrons. The summed E-state index contributed by atoms with van der Waals surface area (Å²) >= 11 is 0. The second-order valence-corrected chi connectivity index (χ2v) is 5.67. The maximum atomic E-state index is 11.6. The molecule has 1 N–H and O–H groups in total. The summed E-state index contributed by atoms with van der Waals surface area (Å²) in [5, 5.41) is 11.6. The van der Waals surface area contributed by atoms with E-state index in [2.05, 4.69) is 31.2 Å². The van der Waals surface area contributed by atoms with Gasteiger partial charge in [0.25, 0.3) is 0 Å². The number of hydrogen-bond donors (Lipinski definition) is 1. The molecule has 0 spiro atoms. The molecule has 1 atom stereocenters. The van der Waals surface area contributed by atoms with Gasteiger partial charge in [0, 0.05) is 11.1 Å². The fraction of sp³-hybridized carbons (Fsp3) is 0.100. The second-order valence-electron chi connectivity index (χ2n) is 5.67. The van der Waals surface area contributed by atoms with Gasteiger partial charge in [-0.1, -0.05) is 78.4 Å². The Bertz CT molecular complexity index is 820. The van der Waals surface area contributed by atoms with Crippen LogP contribution in [0, 0.1) is 6.92 Å². The third-order valence-corrected chi connectivity index (χ3v) is 4.36. The van der Waals surface area contributed by atoms with E-state index in [0.29, 0.717) is 0 Å². The quantitative estimate of drug-likeness (QED) is 0.701. The lowest BCUT2D eigenvalue weighted by Gasteiger charge is -2.26. The molecule has 0 aliphatic heterocycles. The Labute approximate surface area is 124 Å². The lowest BCUT2D eigenvalue weighted by Crippen LogP contribution is -2.25. The zero-order valence-corrected chi connectivity index (χ0v) is 11.9. The maximum Gasteiger partial charge on any atom is 0.141 e. The first kappa shape index (κ1) is 12.4. The summed E-state index contributed by atoms with van der Waals surface area (Å²) in [6, 6.07) is 24.3. The topological polar surface area (TPSA) is 20.2 Å². The molecule has 0 bridgehead atoms. The van der Waals surface area contributed by atoms with Gasteiger partial charge in [-0.2, -0.15) is 0 Å². The Kier molecular flexibility index (Phi) is 2.54. The van der Waals surface area contributed by atoms with Crippen LogP contribution in [0.1, 0.15) is 22.3 Å². The summed E-state index contributed by atoms with van der Waals surface area (Å²) in [7, 11) is 0. The average Bonchev–Trinajstić information content (AvgIpc) is 2.79. The van der Waals surface area contributed by atoms with Crippen LogP contribution in [0.4, 0.5) is 0 Å². The van der Waals surface area contributed by atoms with Crippen molar-refractivity contribution in [2.45, 2.75) is 12.5 Å². The molecular formula is C20H16O. The molecule has 0 fully saturated rings. The van der Waals surface area contributed by atoms with Crippen LogP contribution in [-0.2, 0) is 5.60 Å². The van der Waals surface area contributed by atoms with Crippen LogP contribution < -0.4 is 0 Å². The zero-order chi connectivity index (χ0) is 14.4. The molecule has 3 aromatic rings. The minimum Gasteiger partial charge on any atom is -0.376 e. The molecule has 21 heavy (non-hydrogen) atoms. The Balaban J connectivity index is 2.10. The van der Waals surface area contributed by atoms with E-state index in [1.807, 2.05) is 48.5 Å². The Morgan fingerprint density at radius 2 is 1.38 bits per heavy atom. The van der Waals surface area contributed by atoms with Crippen LogP contribution in [-0.4, -0.2) is 5.11 Å². The number of rotatable bonds is 1. The van der Waals surface area contributed by atoms with Gasteiger partial charge in [0.1, 0.15) is 5.60 Å². The van der Waals surface area contributed by atoms with Crippen LogP contribution in [0.25, 0.3) is 11.1 Å². The smallest absolute Gasteiger partial charge is 0.141 e. The third kappa shape index (κ3) is 1.61. The average molecular weight is 272 g/mol. The lowest BCUT2D eigenvalue weighted by molar-refractivity contribution is 0.130. The van der Waals surface area contributed by atoms with Gasteiger partial charge < -0.3 is 5.11 Å². The SMILES string of the molecule is Cc1ccc2c(c1)-c1ccccc1[C@]2(O)c1ccccc1. The molecule has 3 aromatic carbocycles. The number of fused-ring (bicyclic) bond motifs is 3. The van der Waals surface area contributed by atoms with Crippen molar-refractivity contribution < 1.29 is 5.11 Å². The number of aryl methyl sites for hydroxylation is 1. The molecule has 0 saturated carbocycles. The van der Waals surface area contributed by atoms with E-state index in [1.54, 1.807) is 0 Å². The highest BCUT2D eigenvalue weighted by Crippen LogP contribution is 2.50. The highest BCUT2D eigenvalue weighted by Gasteiger charge is 2.42. The van der Waals surface area contributed by atoms with Crippen molar-refractivity contribution in [3.63, 3.8) is 0 Å². The van der Waals surface area contributed by atoms with E-state index in [4.69, 9.17) is 0 Å². The standard InChI is InChI=1S/C20H16O/c1-14-11-12-19-17(13-14)16-9-5-6-10-18(16)20(19,21)15-7-3-2-4-8-15/h2-13,21H,1H3/t20-/m1/s1. The van der Waals surface area contributed by atoms with Crippen molar-refractivity contribution >= 4 is 0 Å². The number of hydrogen-bond acceptors (Lipinski definition) is 1. The van der Waals surface area contributed by atoms with Crippen molar-refractivity contribution in [1.29, 1.82) is 0 Å². The maximum absolute atomic E-state index is 11.6. The number of benzene rings is 3. The van der Waals surface area contributed by atoms with E-state index >= 15 is 0 Å². The van der Waals surface area contributed by atoms with Crippen LogP contribution in [0.3, 0.4) is 0 Å². The third-order valence-electron chi connectivity index (χ3n) is 4.36. The van der Waals surface area contributed by atoms with E-state index < -0.39 is 5.60 Å². The molecule has 0 aromatic heterocycles. The minimum atomic E-state index is -1.05. The van der Waals surface area contributed by atoms with Crippen molar-refractivity contribution in [3.8, 4) is 11.1 Å². The Morgan fingerprint density at radius 1 is 0.714 bits per heavy atom. The first-order valence-electron chi connectivity index (χ1n) is 7.20. The van der Waals surface area contributed by atoms with Gasteiger partial charge in [-0.3, -0.25) is 0 Å². The zero-order valence-electron chi connectivity index (χ0n) is 11.9. The number of aliphatic hydroxyl groups is 1. The molecule has 4 rings (SSSR count). The Morgan fingerprint density at radius 3 is 2.19 bits per heavy atom. The predicted octanol–water partition coefficient (Wildman–Crippen LogP) is 4.26. The van der Waals surface area contributed by atoms with Crippen LogP contribution in [0.5, 0.6) is 0 Å². The van der Waals surface area contributed by atoms with E-state index in [0.717, 1.165) is 27.8 Å². The Hall–Kier alpha value is -2.38. The van der Waals surface area contributed by atoms with Gasteiger partial charge in [-0.05, 0) is 23.6 Å². The van der Waals surface area contributed by atoms with Crippen LogP contribution >= 0.6 is 0 Å². The van der Waals surface area contributed by atoms with Crippen molar-refractivity contribution in [3.05, 3.63) is 95.1 Å². The highest BCUT2D eigenvalue weighted by atomic mass is 16.3. The lowest BCUT2D eigenvalue weighted by atomic mass is 9.84. The van der Waals surface area contributed by atoms with Gasteiger partial charge in [0.15, 0.2) is 0 Å². The van der Waals surface area contributed by atoms with Crippen molar-refractivity contribution in [1.82, 2.24) is 0 Å². The van der Waals surface area contributed by atoms with Gasteiger partial charge in [0.05, 0.1) is 0 Å². The summed E-state index contributed by atoms with van der Waals surface area (Å²) < 4.78 is 0. The molecule has 1 heteroatoms. The largest absolute Gasteiger partial charge is 0.376 e. The van der Waals surface area contributed by atoms with E-state index in [-0.39, 0.29) is 0 Å². The highest BCUT2D eigenvalue weighted by molar-refractivity contribution is 5.82. The molecule has 0 amide bonds. The predicted molar refractivity (Wildman–Crippen MR) is 85.2 cm³/mol. The van der Waals surface area contributed by atoms with Crippen molar-refractivity contribution in [2.75, 3.05) is 0 Å². The molecule has 102 valence electrons. The van der Waals surface area contributed by atoms with Crippen LogP contribution in [0.15, 0.2) is 72.8 Å². The molecule has 0 unspecified atom stereocenters. The van der Waals surface area contributed by atoms with Gasteiger partial charge in [0.2, 0.25) is 0 Å². The molecule has 0 heterocycles. The molecule has 0 saturated heterocycles. The summed E-state index contributed by atoms with van der Waals surface area (Å²) in [5.41, 5.74) is 5.28. The summed E-state index contributed by atoms with van der Waals surface area (Å²) in [5.74, 6) is 0. The minimum absolute atomic E-state index is 0.917. The normalized spacial score (nSPS) is 19.1. The van der Waals surface area contributed by atoms with Gasteiger partial charge in [-0.15, -0.1) is 0 Å². The van der Waals surface area contributed by atoms with E-state index in [9.17, 15) is 5.11 Å². The fourth-order valence-electron chi connectivity index (χ4n) is 3.37. The molecular weight excluding hydrogens is 256 g/mol. The van der Waals surface area contributed by atoms with Gasteiger partial charge >= 0.3 is 0 Å². The first-order chi connectivity index (χ1) is 10.2. The monoisotopic (exact) mass is 272 g/mol. The summed E-state index contributed by atoms with van der Waals surface area (Å²) in [6.07, 6.45) is 0. The van der Waals surface area contributed by atoms with Gasteiger partial charge in [-0.25, -0.2) is 0 Å². The second kappa shape index (κ2) is 4.31. The summed E-state index contributed by atoms with van der Waals surface area (Å²) in [6.45, 7) is 2.09. The molecule has 1 aliphatic carbocycles. The van der Waals surface area contributed by atoms with Crippen molar-refractivity contribution in [2.24, 2.45) is 0 Å². The summed E-state index contributed by atoms with van der Waals surface area (Å²) in [4.78, 5) is 0. The molecule has 1 nitrogen and oxygen atoms in total. The van der Waals surface area contributed by atoms with Crippen LogP contribution in [0.2, 0.25) is 0 Å². The molecule has 1 aliphatic rings. The van der Waals surface area contributed by atoms with E-state index in [1.165, 1.54) is 5.56 Å².